The van der Waals surface area contributed by atoms with Crippen molar-refractivity contribution in [3.05, 3.63) is 83.4 Å². The minimum absolute atomic E-state index is 0.261. The normalized spacial score (nSPS) is 10.5. The van der Waals surface area contributed by atoms with Gasteiger partial charge in [-0.25, -0.2) is 9.59 Å². The monoisotopic (exact) mass is 557 g/mol. The summed E-state index contributed by atoms with van der Waals surface area (Å²) in [5, 5.41) is 9.34. The smallest absolute Gasteiger partial charge is 0.343 e. The van der Waals surface area contributed by atoms with Crippen LogP contribution in [0.25, 0.3) is 0 Å². The zero-order chi connectivity index (χ0) is 29.3. The Morgan fingerprint density at radius 3 is 1.76 bits per heavy atom. The largest absolute Gasteiger partial charge is 0.494 e. The second-order valence-corrected chi connectivity index (χ2v) is 9.77. The fraction of sp³-hybridized carbons (Fsp3) is 0.382. The van der Waals surface area contributed by atoms with Crippen molar-refractivity contribution in [2.24, 2.45) is 0 Å². The van der Waals surface area contributed by atoms with Crippen molar-refractivity contribution < 1.29 is 28.5 Å². The van der Waals surface area contributed by atoms with Gasteiger partial charge in [0.25, 0.3) is 0 Å². The molecule has 41 heavy (non-hydrogen) atoms. The lowest BCUT2D eigenvalue weighted by Gasteiger charge is -2.10. The Morgan fingerprint density at radius 2 is 1.10 bits per heavy atom. The first-order valence-corrected chi connectivity index (χ1v) is 14.5. The summed E-state index contributed by atoms with van der Waals surface area (Å²) < 4.78 is 22.4. The zero-order valence-corrected chi connectivity index (χ0v) is 24.0. The van der Waals surface area contributed by atoms with Gasteiger partial charge in [0.2, 0.25) is 0 Å². The van der Waals surface area contributed by atoms with Gasteiger partial charge in [-0.05, 0) is 79.6 Å². The summed E-state index contributed by atoms with van der Waals surface area (Å²) in [4.78, 5) is 25.3. The van der Waals surface area contributed by atoms with Crippen molar-refractivity contribution in [1.29, 1.82) is 5.26 Å². The van der Waals surface area contributed by atoms with Gasteiger partial charge in [-0.2, -0.15) is 5.26 Å². The van der Waals surface area contributed by atoms with E-state index in [-0.39, 0.29) is 11.3 Å². The third kappa shape index (κ3) is 10.6. The lowest BCUT2D eigenvalue weighted by molar-refractivity contribution is 0.0730. The number of carbonyl (C=O) groups excluding carboxylic acids is 2. The summed E-state index contributed by atoms with van der Waals surface area (Å²) in [6, 6.07) is 19.7. The van der Waals surface area contributed by atoms with Gasteiger partial charge in [-0.15, -0.1) is 0 Å². The summed E-state index contributed by atoms with van der Waals surface area (Å²) in [6.07, 6.45) is 10.2. The highest BCUT2D eigenvalue weighted by atomic mass is 16.5. The Morgan fingerprint density at radius 1 is 0.610 bits per heavy atom. The van der Waals surface area contributed by atoms with E-state index in [9.17, 15) is 14.9 Å². The molecule has 0 unspecified atom stereocenters. The van der Waals surface area contributed by atoms with Crippen LogP contribution in [0.15, 0.2) is 66.7 Å². The lowest BCUT2D eigenvalue weighted by atomic mass is 10.1. The number of rotatable bonds is 17. The average Bonchev–Trinajstić information content (AvgIpc) is 3.00. The quantitative estimate of drug-likeness (QED) is 0.0935. The number of ether oxygens (including phenoxy) is 4. The van der Waals surface area contributed by atoms with Gasteiger partial charge in [0.15, 0.2) is 0 Å². The van der Waals surface area contributed by atoms with Gasteiger partial charge >= 0.3 is 11.9 Å². The molecular formula is C34H39NO6. The Balaban J connectivity index is 1.48. The fourth-order valence-corrected chi connectivity index (χ4v) is 4.06. The SMILES string of the molecule is CCCCCCCCOc1ccc(OC(=O)c2ccc(OC(=O)c3ccc(C#N)c(OCCCCC)c3)cc2)cc1. The van der Waals surface area contributed by atoms with E-state index in [1.165, 1.54) is 62.1 Å². The van der Waals surface area contributed by atoms with Crippen molar-refractivity contribution in [2.45, 2.75) is 71.6 Å². The summed E-state index contributed by atoms with van der Waals surface area (Å²) in [5.41, 5.74) is 0.933. The maximum atomic E-state index is 12.7. The second kappa shape index (κ2) is 17.4. The van der Waals surface area contributed by atoms with Crippen molar-refractivity contribution >= 4 is 11.9 Å². The van der Waals surface area contributed by atoms with Gasteiger partial charge in [-0.1, -0.05) is 58.8 Å². The maximum Gasteiger partial charge on any atom is 0.343 e. The van der Waals surface area contributed by atoms with Crippen LogP contribution in [0.4, 0.5) is 0 Å². The number of esters is 2. The van der Waals surface area contributed by atoms with Crippen molar-refractivity contribution in [1.82, 2.24) is 0 Å². The molecular weight excluding hydrogens is 518 g/mol. The van der Waals surface area contributed by atoms with Crippen molar-refractivity contribution in [3.8, 4) is 29.1 Å². The number of unbranched alkanes of at least 4 members (excludes halogenated alkanes) is 7. The molecule has 0 atom stereocenters. The molecule has 0 amide bonds. The number of nitrogens with zero attached hydrogens (tertiary/aromatic N) is 1. The molecule has 3 aromatic rings. The molecule has 216 valence electrons. The predicted octanol–water partition coefficient (Wildman–Crippen LogP) is 8.30. The van der Waals surface area contributed by atoms with E-state index in [4.69, 9.17) is 18.9 Å². The van der Waals surface area contributed by atoms with Crippen LogP contribution < -0.4 is 18.9 Å². The molecule has 0 fully saturated rings. The first kappa shape index (κ1) is 31.2. The van der Waals surface area contributed by atoms with Crippen LogP contribution in [0, 0.1) is 11.3 Å². The number of carbonyl (C=O) groups is 2. The summed E-state index contributed by atoms with van der Waals surface area (Å²) >= 11 is 0. The molecule has 0 spiro atoms. The number of nitriles is 1. The number of benzene rings is 3. The Bertz CT molecular complexity index is 1280. The predicted molar refractivity (Wildman–Crippen MR) is 158 cm³/mol. The highest BCUT2D eigenvalue weighted by Crippen LogP contribution is 2.23. The summed E-state index contributed by atoms with van der Waals surface area (Å²) in [7, 11) is 0. The van der Waals surface area contributed by atoms with Gasteiger partial charge in [0, 0.05) is 0 Å². The Kier molecular flexibility index (Phi) is 13.2. The molecule has 0 aliphatic rings. The molecule has 3 aromatic carbocycles. The van der Waals surface area contributed by atoms with E-state index in [0.29, 0.717) is 35.8 Å². The van der Waals surface area contributed by atoms with Crippen LogP contribution in [-0.4, -0.2) is 25.2 Å². The molecule has 0 bridgehead atoms. The van der Waals surface area contributed by atoms with Gasteiger partial charge in [-0.3, -0.25) is 0 Å². The molecule has 0 heterocycles. The van der Waals surface area contributed by atoms with Crippen molar-refractivity contribution in [2.75, 3.05) is 13.2 Å². The van der Waals surface area contributed by atoms with E-state index in [2.05, 4.69) is 19.9 Å². The molecule has 0 saturated carbocycles. The molecule has 0 aliphatic heterocycles. The molecule has 0 radical (unpaired) electrons. The van der Waals surface area contributed by atoms with Crippen LogP contribution in [0.2, 0.25) is 0 Å². The Hall–Kier alpha value is -4.31. The van der Waals surface area contributed by atoms with Crippen LogP contribution in [0.3, 0.4) is 0 Å². The molecule has 3 rings (SSSR count). The first-order valence-electron chi connectivity index (χ1n) is 14.5. The summed E-state index contributed by atoms with van der Waals surface area (Å²) in [5.74, 6) is 0.650. The molecule has 0 N–H and O–H groups in total. The van der Waals surface area contributed by atoms with E-state index >= 15 is 0 Å². The number of hydrogen-bond donors (Lipinski definition) is 0. The van der Waals surface area contributed by atoms with E-state index < -0.39 is 11.9 Å². The minimum atomic E-state index is -0.595. The van der Waals surface area contributed by atoms with Crippen LogP contribution in [0.5, 0.6) is 23.0 Å². The fourth-order valence-electron chi connectivity index (χ4n) is 4.06. The van der Waals surface area contributed by atoms with Gasteiger partial charge in [0.05, 0.1) is 29.9 Å². The van der Waals surface area contributed by atoms with E-state index in [0.717, 1.165) is 37.9 Å². The van der Waals surface area contributed by atoms with E-state index in [1.807, 2.05) is 0 Å². The second-order valence-electron chi connectivity index (χ2n) is 9.77. The first-order chi connectivity index (χ1) is 20.0. The van der Waals surface area contributed by atoms with E-state index in [1.54, 1.807) is 30.3 Å². The molecule has 0 saturated heterocycles. The number of hydrogen-bond acceptors (Lipinski definition) is 7. The standard InChI is InChI=1S/C34H39NO6/c1-3-5-7-8-9-11-22-38-29-18-20-31(21-19-29)40-33(36)26-14-16-30(17-15-26)41-34(37)27-12-13-28(25-35)32(24-27)39-23-10-6-4-2/h12-21,24H,3-11,22-23H2,1-2H3. The molecule has 0 aliphatic carbocycles. The lowest BCUT2D eigenvalue weighted by Crippen LogP contribution is -2.11. The Labute approximate surface area is 243 Å². The van der Waals surface area contributed by atoms with Crippen LogP contribution >= 0.6 is 0 Å². The summed E-state index contributed by atoms with van der Waals surface area (Å²) in [6.45, 7) is 5.44. The third-order valence-electron chi connectivity index (χ3n) is 6.44. The molecule has 7 nitrogen and oxygen atoms in total. The minimum Gasteiger partial charge on any atom is -0.494 e. The molecule has 7 heteroatoms. The highest BCUT2D eigenvalue weighted by molar-refractivity contribution is 5.93. The topological polar surface area (TPSA) is 94.9 Å². The van der Waals surface area contributed by atoms with Crippen molar-refractivity contribution in [3.63, 3.8) is 0 Å². The third-order valence-corrected chi connectivity index (χ3v) is 6.44. The molecule has 0 aromatic heterocycles. The maximum absolute atomic E-state index is 12.7. The highest BCUT2D eigenvalue weighted by Gasteiger charge is 2.14. The van der Waals surface area contributed by atoms with Gasteiger partial charge < -0.3 is 18.9 Å². The van der Waals surface area contributed by atoms with Crippen LogP contribution in [-0.2, 0) is 0 Å². The van der Waals surface area contributed by atoms with Gasteiger partial charge in [0.1, 0.15) is 29.1 Å². The average molecular weight is 558 g/mol. The zero-order valence-electron chi connectivity index (χ0n) is 24.0. The van der Waals surface area contributed by atoms with Crippen LogP contribution in [0.1, 0.15) is 97.9 Å².